The summed E-state index contributed by atoms with van der Waals surface area (Å²) in [4.78, 5) is 18.1. The van der Waals surface area contributed by atoms with Crippen molar-refractivity contribution in [3.05, 3.63) is 53.9 Å². The second kappa shape index (κ2) is 6.60. The minimum atomic E-state index is -0.226. The molecule has 2 aromatic rings. The summed E-state index contributed by atoms with van der Waals surface area (Å²) >= 11 is 0. The van der Waals surface area contributed by atoms with Crippen LogP contribution < -0.4 is 5.32 Å². The average Bonchev–Trinajstić information content (AvgIpc) is 2.86. The highest BCUT2D eigenvalue weighted by molar-refractivity contribution is 5.74. The number of amides is 2. The van der Waals surface area contributed by atoms with E-state index in [1.54, 1.807) is 35.6 Å². The standard InChI is InChI=1S/C16H19FN4O/c17-15-5-2-1-4-13(15)6-7-19-16(22)20-8-3-9-21-12-18-10-14(21)11-20/h1-2,4-5,10,12H,3,6-9,11H2,(H,19,22). The Morgan fingerprint density at radius 2 is 2.18 bits per heavy atom. The molecule has 5 nitrogen and oxygen atoms in total. The number of urea groups is 1. The monoisotopic (exact) mass is 302 g/mol. The van der Waals surface area contributed by atoms with Crippen molar-refractivity contribution in [1.29, 1.82) is 0 Å². The maximum Gasteiger partial charge on any atom is 0.317 e. The van der Waals surface area contributed by atoms with E-state index in [4.69, 9.17) is 0 Å². The lowest BCUT2D eigenvalue weighted by molar-refractivity contribution is 0.196. The Morgan fingerprint density at radius 1 is 1.32 bits per heavy atom. The maximum absolute atomic E-state index is 13.5. The first-order chi connectivity index (χ1) is 10.7. The smallest absolute Gasteiger partial charge is 0.317 e. The summed E-state index contributed by atoms with van der Waals surface area (Å²) in [5, 5.41) is 2.87. The van der Waals surface area contributed by atoms with Gasteiger partial charge in [-0.15, -0.1) is 0 Å². The van der Waals surface area contributed by atoms with Crippen LogP contribution in [0, 0.1) is 5.82 Å². The SMILES string of the molecule is O=C(NCCc1ccccc1F)N1CCCn2cncc2C1. The number of aromatic nitrogens is 2. The van der Waals surface area contributed by atoms with Crippen LogP contribution in [0.25, 0.3) is 0 Å². The molecule has 1 aliphatic rings. The number of carbonyl (C=O) groups excluding carboxylic acids is 1. The number of aryl methyl sites for hydroxylation is 1. The van der Waals surface area contributed by atoms with Gasteiger partial charge < -0.3 is 14.8 Å². The van der Waals surface area contributed by atoms with Crippen molar-refractivity contribution in [3.63, 3.8) is 0 Å². The fourth-order valence-electron chi connectivity index (χ4n) is 2.68. The molecule has 1 aromatic heterocycles. The van der Waals surface area contributed by atoms with Crippen LogP contribution in [0.2, 0.25) is 0 Å². The maximum atomic E-state index is 13.5. The highest BCUT2D eigenvalue weighted by atomic mass is 19.1. The third-order valence-electron chi connectivity index (χ3n) is 3.89. The highest BCUT2D eigenvalue weighted by Crippen LogP contribution is 2.12. The van der Waals surface area contributed by atoms with Gasteiger partial charge in [0.1, 0.15) is 5.82 Å². The molecular weight excluding hydrogens is 283 g/mol. The van der Waals surface area contributed by atoms with Gasteiger partial charge in [0, 0.05) is 25.8 Å². The predicted octanol–water partition coefficient (Wildman–Crippen LogP) is 2.18. The third-order valence-corrected chi connectivity index (χ3v) is 3.89. The zero-order chi connectivity index (χ0) is 15.4. The van der Waals surface area contributed by atoms with Gasteiger partial charge in [-0.25, -0.2) is 14.2 Å². The molecule has 0 radical (unpaired) electrons. The van der Waals surface area contributed by atoms with Gasteiger partial charge in [0.25, 0.3) is 0 Å². The molecule has 0 fully saturated rings. The van der Waals surface area contributed by atoms with E-state index in [-0.39, 0.29) is 11.8 Å². The molecule has 116 valence electrons. The molecular formula is C16H19FN4O. The number of halogens is 1. The number of carbonyl (C=O) groups is 1. The van der Waals surface area contributed by atoms with E-state index < -0.39 is 0 Å². The average molecular weight is 302 g/mol. The minimum absolute atomic E-state index is 0.106. The van der Waals surface area contributed by atoms with Crippen molar-refractivity contribution in [2.75, 3.05) is 13.1 Å². The van der Waals surface area contributed by atoms with Gasteiger partial charge in [-0.2, -0.15) is 0 Å². The van der Waals surface area contributed by atoms with Gasteiger partial charge in [-0.05, 0) is 24.5 Å². The Kier molecular flexibility index (Phi) is 4.37. The van der Waals surface area contributed by atoms with Crippen LogP contribution in [0.15, 0.2) is 36.8 Å². The van der Waals surface area contributed by atoms with Gasteiger partial charge in [0.15, 0.2) is 0 Å². The van der Waals surface area contributed by atoms with Crippen LogP contribution >= 0.6 is 0 Å². The predicted molar refractivity (Wildman–Crippen MR) is 80.8 cm³/mol. The first-order valence-electron chi connectivity index (χ1n) is 7.49. The summed E-state index contributed by atoms with van der Waals surface area (Å²) in [5.41, 5.74) is 1.67. The van der Waals surface area contributed by atoms with E-state index in [2.05, 4.69) is 14.9 Å². The number of benzene rings is 1. The van der Waals surface area contributed by atoms with Crippen LogP contribution in [-0.2, 0) is 19.5 Å². The lowest BCUT2D eigenvalue weighted by Crippen LogP contribution is -2.40. The van der Waals surface area contributed by atoms with Crippen LogP contribution in [0.1, 0.15) is 17.7 Å². The van der Waals surface area contributed by atoms with Crippen molar-refractivity contribution in [1.82, 2.24) is 19.8 Å². The van der Waals surface area contributed by atoms with Crippen LogP contribution in [-0.4, -0.2) is 33.6 Å². The van der Waals surface area contributed by atoms with Gasteiger partial charge in [-0.3, -0.25) is 0 Å². The molecule has 0 saturated carbocycles. The van der Waals surface area contributed by atoms with Crippen molar-refractivity contribution >= 4 is 6.03 Å². The Labute approximate surface area is 128 Å². The number of hydrogen-bond acceptors (Lipinski definition) is 2. The number of hydrogen-bond donors (Lipinski definition) is 1. The molecule has 0 unspecified atom stereocenters. The number of rotatable bonds is 3. The third kappa shape index (κ3) is 3.27. The van der Waals surface area contributed by atoms with E-state index in [0.717, 1.165) is 18.7 Å². The molecule has 0 saturated heterocycles. The summed E-state index contributed by atoms with van der Waals surface area (Å²) < 4.78 is 15.6. The fraction of sp³-hybridized carbons (Fsp3) is 0.375. The zero-order valence-corrected chi connectivity index (χ0v) is 12.3. The summed E-state index contributed by atoms with van der Waals surface area (Å²) in [6.45, 7) is 2.59. The molecule has 2 heterocycles. The minimum Gasteiger partial charge on any atom is -0.338 e. The number of imidazole rings is 1. The fourth-order valence-corrected chi connectivity index (χ4v) is 2.68. The van der Waals surface area contributed by atoms with E-state index in [9.17, 15) is 9.18 Å². The highest BCUT2D eigenvalue weighted by Gasteiger charge is 2.18. The largest absolute Gasteiger partial charge is 0.338 e. The van der Waals surface area contributed by atoms with Gasteiger partial charge in [0.2, 0.25) is 0 Å². The molecule has 0 atom stereocenters. The molecule has 1 N–H and O–H groups in total. The van der Waals surface area contributed by atoms with Gasteiger partial charge >= 0.3 is 6.03 Å². The van der Waals surface area contributed by atoms with E-state index in [1.807, 2.05) is 0 Å². The first kappa shape index (κ1) is 14.6. The number of nitrogens with zero attached hydrogens (tertiary/aromatic N) is 3. The number of nitrogens with one attached hydrogen (secondary N) is 1. The van der Waals surface area contributed by atoms with Crippen molar-refractivity contribution in [2.24, 2.45) is 0 Å². The molecule has 1 aliphatic heterocycles. The normalized spacial score (nSPS) is 14.3. The lowest BCUT2D eigenvalue weighted by Gasteiger charge is -2.20. The molecule has 2 amide bonds. The first-order valence-corrected chi connectivity index (χ1v) is 7.49. The molecule has 0 aliphatic carbocycles. The molecule has 0 spiro atoms. The van der Waals surface area contributed by atoms with Gasteiger partial charge in [-0.1, -0.05) is 18.2 Å². The molecule has 22 heavy (non-hydrogen) atoms. The van der Waals surface area contributed by atoms with Gasteiger partial charge in [0.05, 0.1) is 18.6 Å². The number of fused-ring (bicyclic) bond motifs is 1. The van der Waals surface area contributed by atoms with E-state index in [0.29, 0.717) is 31.6 Å². The van der Waals surface area contributed by atoms with E-state index >= 15 is 0 Å². The molecule has 1 aromatic carbocycles. The summed E-state index contributed by atoms with van der Waals surface area (Å²) in [6.07, 6.45) is 4.99. The Hall–Kier alpha value is -2.37. The second-order valence-corrected chi connectivity index (χ2v) is 5.43. The molecule has 3 rings (SSSR count). The summed E-state index contributed by atoms with van der Waals surface area (Å²) in [6, 6.07) is 6.54. The zero-order valence-electron chi connectivity index (χ0n) is 12.3. The van der Waals surface area contributed by atoms with Crippen LogP contribution in [0.3, 0.4) is 0 Å². The summed E-state index contributed by atoms with van der Waals surface area (Å²) in [5.74, 6) is -0.226. The Bertz CT molecular complexity index is 655. The van der Waals surface area contributed by atoms with Crippen molar-refractivity contribution < 1.29 is 9.18 Å². The Morgan fingerprint density at radius 3 is 3.05 bits per heavy atom. The lowest BCUT2D eigenvalue weighted by atomic mass is 10.1. The van der Waals surface area contributed by atoms with Crippen molar-refractivity contribution in [2.45, 2.75) is 25.9 Å². The van der Waals surface area contributed by atoms with Crippen molar-refractivity contribution in [3.8, 4) is 0 Å². The molecule has 0 bridgehead atoms. The van der Waals surface area contributed by atoms with Crippen LogP contribution in [0.4, 0.5) is 9.18 Å². The topological polar surface area (TPSA) is 50.2 Å². The van der Waals surface area contributed by atoms with E-state index in [1.165, 1.54) is 6.07 Å². The molecule has 6 heteroatoms. The quantitative estimate of drug-likeness (QED) is 0.945. The second-order valence-electron chi connectivity index (χ2n) is 5.43. The summed E-state index contributed by atoms with van der Waals surface area (Å²) in [7, 11) is 0. The Balaban J connectivity index is 1.53. The van der Waals surface area contributed by atoms with Crippen LogP contribution in [0.5, 0.6) is 0 Å².